The van der Waals surface area contributed by atoms with E-state index < -0.39 is 11.6 Å². The molecule has 62 valence electrons. The molecule has 0 radical (unpaired) electrons. The predicted octanol–water partition coefficient (Wildman–Crippen LogP) is 2.79. The second-order valence-corrected chi connectivity index (χ2v) is 3.01. The number of halogens is 3. The van der Waals surface area contributed by atoms with Gasteiger partial charge in [-0.25, -0.2) is 8.78 Å². The Morgan fingerprint density at radius 2 is 2.08 bits per heavy atom. The molecule has 0 atom stereocenters. The number of benzene rings is 1. The zero-order chi connectivity index (χ0) is 9.14. The lowest BCUT2D eigenvalue weighted by molar-refractivity contribution is 0.500. The first-order valence-electron chi connectivity index (χ1n) is 3.16. The van der Waals surface area contributed by atoms with Gasteiger partial charge in [-0.05, 0) is 12.1 Å². The average Bonchev–Trinajstić information content (AvgIpc) is 2.06. The third kappa shape index (κ3) is 1.62. The molecule has 0 aliphatic heterocycles. The minimum absolute atomic E-state index is 0.0671. The Morgan fingerprint density at radius 1 is 1.42 bits per heavy atom. The Morgan fingerprint density at radius 3 is 2.67 bits per heavy atom. The summed E-state index contributed by atoms with van der Waals surface area (Å²) in [6.45, 7) is 0. The van der Waals surface area contributed by atoms with Gasteiger partial charge in [-0.2, -0.15) is 5.26 Å². The van der Waals surface area contributed by atoms with Gasteiger partial charge >= 0.3 is 0 Å². The largest absolute Gasteiger partial charge is 0.204 e. The molecule has 0 heterocycles. The Hall–Kier alpha value is -0.950. The highest BCUT2D eigenvalue weighted by atomic mass is 79.9. The molecule has 0 unspecified atom stereocenters. The lowest BCUT2D eigenvalue weighted by Crippen LogP contribution is -1.94. The summed E-state index contributed by atoms with van der Waals surface area (Å²) < 4.78 is 25.9. The van der Waals surface area contributed by atoms with Gasteiger partial charge in [0.05, 0.1) is 12.5 Å². The summed E-state index contributed by atoms with van der Waals surface area (Å²) in [7, 11) is 0. The second kappa shape index (κ2) is 3.63. The molecule has 0 spiro atoms. The van der Waals surface area contributed by atoms with Crippen LogP contribution in [0.4, 0.5) is 8.78 Å². The van der Waals surface area contributed by atoms with Crippen LogP contribution in [-0.2, 0) is 6.42 Å². The van der Waals surface area contributed by atoms with Crippen LogP contribution in [0.5, 0.6) is 0 Å². The molecule has 0 N–H and O–H groups in total. The van der Waals surface area contributed by atoms with Crippen molar-refractivity contribution in [2.45, 2.75) is 6.42 Å². The van der Waals surface area contributed by atoms with Crippen molar-refractivity contribution in [2.75, 3.05) is 0 Å². The number of nitrogens with zero attached hydrogens (tertiary/aromatic N) is 1. The summed E-state index contributed by atoms with van der Waals surface area (Å²) in [6, 6.07) is 4.15. The minimum Gasteiger partial charge on any atom is -0.204 e. The molecule has 1 nitrogen and oxygen atoms in total. The molecule has 0 saturated heterocycles. The van der Waals surface area contributed by atoms with Gasteiger partial charge in [0.1, 0.15) is 0 Å². The van der Waals surface area contributed by atoms with Crippen LogP contribution in [0.1, 0.15) is 5.56 Å². The Bertz CT molecular complexity index is 344. The van der Waals surface area contributed by atoms with E-state index >= 15 is 0 Å². The van der Waals surface area contributed by atoms with E-state index in [1.165, 1.54) is 6.07 Å². The first kappa shape index (κ1) is 9.14. The Labute approximate surface area is 76.8 Å². The van der Waals surface area contributed by atoms with Gasteiger partial charge in [0.15, 0.2) is 11.6 Å². The second-order valence-electron chi connectivity index (χ2n) is 2.16. The molecule has 12 heavy (non-hydrogen) atoms. The van der Waals surface area contributed by atoms with Crippen LogP contribution in [0, 0.1) is 23.0 Å². The Kier molecular flexibility index (Phi) is 2.77. The SMILES string of the molecule is N#CCc1c(Br)ccc(F)c1F. The number of rotatable bonds is 1. The molecule has 4 heteroatoms. The van der Waals surface area contributed by atoms with Crippen molar-refractivity contribution in [3.63, 3.8) is 0 Å². The molecular formula is C8H4BrF2N. The molecular weight excluding hydrogens is 228 g/mol. The van der Waals surface area contributed by atoms with E-state index in [-0.39, 0.29) is 12.0 Å². The van der Waals surface area contributed by atoms with Crippen molar-refractivity contribution in [2.24, 2.45) is 0 Å². The molecule has 0 fully saturated rings. The zero-order valence-electron chi connectivity index (χ0n) is 5.94. The normalized spacial score (nSPS) is 9.50. The van der Waals surface area contributed by atoms with Crippen LogP contribution < -0.4 is 0 Å². The van der Waals surface area contributed by atoms with Crippen molar-refractivity contribution in [3.8, 4) is 6.07 Å². The molecule has 0 amide bonds. The van der Waals surface area contributed by atoms with Crippen LogP contribution in [0.2, 0.25) is 0 Å². The van der Waals surface area contributed by atoms with Gasteiger partial charge in [-0.3, -0.25) is 0 Å². The van der Waals surface area contributed by atoms with Gasteiger partial charge in [-0.15, -0.1) is 0 Å². The highest BCUT2D eigenvalue weighted by Gasteiger charge is 2.10. The number of hydrogen-bond donors (Lipinski definition) is 0. The van der Waals surface area contributed by atoms with E-state index in [0.29, 0.717) is 4.47 Å². The van der Waals surface area contributed by atoms with E-state index in [4.69, 9.17) is 5.26 Å². The van der Waals surface area contributed by atoms with Gasteiger partial charge in [0.25, 0.3) is 0 Å². The molecule has 0 aromatic heterocycles. The van der Waals surface area contributed by atoms with Gasteiger partial charge in [0, 0.05) is 10.0 Å². The number of hydrogen-bond acceptors (Lipinski definition) is 1. The lowest BCUT2D eigenvalue weighted by Gasteiger charge is -2.01. The van der Waals surface area contributed by atoms with Crippen LogP contribution in [0.25, 0.3) is 0 Å². The van der Waals surface area contributed by atoms with Crippen molar-refractivity contribution < 1.29 is 8.78 Å². The van der Waals surface area contributed by atoms with E-state index in [1.54, 1.807) is 6.07 Å². The maximum absolute atomic E-state index is 12.9. The van der Waals surface area contributed by atoms with Crippen LogP contribution >= 0.6 is 15.9 Å². The summed E-state index contributed by atoms with van der Waals surface area (Å²) in [6.07, 6.45) is -0.135. The fraction of sp³-hybridized carbons (Fsp3) is 0.125. The molecule has 0 bridgehead atoms. The highest BCUT2D eigenvalue weighted by molar-refractivity contribution is 9.10. The Balaban J connectivity index is 3.25. The van der Waals surface area contributed by atoms with Crippen molar-refractivity contribution in [1.82, 2.24) is 0 Å². The monoisotopic (exact) mass is 231 g/mol. The van der Waals surface area contributed by atoms with Crippen molar-refractivity contribution in [3.05, 3.63) is 33.8 Å². The highest BCUT2D eigenvalue weighted by Crippen LogP contribution is 2.22. The summed E-state index contributed by atoms with van der Waals surface area (Å²) in [5.74, 6) is -1.88. The summed E-state index contributed by atoms with van der Waals surface area (Å²) in [5, 5.41) is 8.30. The quantitative estimate of drug-likeness (QED) is 0.683. The van der Waals surface area contributed by atoms with E-state index in [9.17, 15) is 8.78 Å². The third-order valence-electron chi connectivity index (χ3n) is 1.39. The smallest absolute Gasteiger partial charge is 0.164 e. The van der Waals surface area contributed by atoms with Crippen LogP contribution in [-0.4, -0.2) is 0 Å². The summed E-state index contributed by atoms with van der Waals surface area (Å²) in [5.41, 5.74) is 0.0671. The van der Waals surface area contributed by atoms with Crippen LogP contribution in [0.15, 0.2) is 16.6 Å². The fourth-order valence-electron chi connectivity index (χ4n) is 0.810. The van der Waals surface area contributed by atoms with Gasteiger partial charge in [0.2, 0.25) is 0 Å². The molecule has 1 aromatic carbocycles. The van der Waals surface area contributed by atoms with Crippen molar-refractivity contribution >= 4 is 15.9 Å². The van der Waals surface area contributed by atoms with Crippen molar-refractivity contribution in [1.29, 1.82) is 5.26 Å². The average molecular weight is 232 g/mol. The first-order chi connectivity index (χ1) is 5.66. The molecule has 1 rings (SSSR count). The molecule has 1 aromatic rings. The maximum Gasteiger partial charge on any atom is 0.164 e. The number of nitriles is 1. The predicted molar refractivity (Wildman–Crippen MR) is 43.4 cm³/mol. The molecule has 0 aliphatic rings. The zero-order valence-corrected chi connectivity index (χ0v) is 7.53. The van der Waals surface area contributed by atoms with Gasteiger partial charge < -0.3 is 0 Å². The topological polar surface area (TPSA) is 23.8 Å². The van der Waals surface area contributed by atoms with Gasteiger partial charge in [-0.1, -0.05) is 15.9 Å². The maximum atomic E-state index is 12.9. The molecule has 0 saturated carbocycles. The van der Waals surface area contributed by atoms with E-state index in [1.807, 2.05) is 0 Å². The van der Waals surface area contributed by atoms with E-state index in [2.05, 4.69) is 15.9 Å². The van der Waals surface area contributed by atoms with Crippen LogP contribution in [0.3, 0.4) is 0 Å². The molecule has 0 aliphatic carbocycles. The summed E-state index contributed by atoms with van der Waals surface area (Å²) in [4.78, 5) is 0. The first-order valence-corrected chi connectivity index (χ1v) is 3.95. The standard InChI is InChI=1S/C8H4BrF2N/c9-6-1-2-7(10)8(11)5(6)3-4-12/h1-2H,3H2. The third-order valence-corrected chi connectivity index (χ3v) is 2.14. The minimum atomic E-state index is -0.953. The lowest BCUT2D eigenvalue weighted by atomic mass is 10.1. The fourth-order valence-corrected chi connectivity index (χ4v) is 1.26. The summed E-state index contributed by atoms with van der Waals surface area (Å²) >= 11 is 3.02. The van der Waals surface area contributed by atoms with E-state index in [0.717, 1.165) is 6.07 Å².